The fourth-order valence-electron chi connectivity index (χ4n) is 5.70. The number of rotatable bonds is 8. The van der Waals surface area contributed by atoms with Crippen molar-refractivity contribution in [3.63, 3.8) is 0 Å². The van der Waals surface area contributed by atoms with Crippen LogP contribution in [0.3, 0.4) is 0 Å². The maximum atomic E-state index is 13.8. The monoisotopic (exact) mass is 552 g/mol. The fourth-order valence-corrected chi connectivity index (χ4v) is 6.98. The van der Waals surface area contributed by atoms with Gasteiger partial charge >= 0.3 is 0 Å². The van der Waals surface area contributed by atoms with Crippen molar-refractivity contribution in [1.82, 2.24) is 9.55 Å². The number of methoxy groups -OCH3 is 1. The molecule has 2 aromatic carbocycles. The Balaban J connectivity index is 1.27. The Morgan fingerprint density at radius 3 is 2.67 bits per heavy atom. The zero-order valence-electron chi connectivity index (χ0n) is 22.6. The van der Waals surface area contributed by atoms with E-state index in [0.29, 0.717) is 49.5 Å². The Morgan fingerprint density at radius 1 is 1.10 bits per heavy atom. The molecule has 3 aromatic rings. The van der Waals surface area contributed by atoms with E-state index in [2.05, 4.69) is 24.0 Å². The van der Waals surface area contributed by atoms with Crippen LogP contribution in [0.1, 0.15) is 35.9 Å². The molecule has 0 bridgehead atoms. The van der Waals surface area contributed by atoms with Crippen LogP contribution in [0.25, 0.3) is 10.9 Å². The van der Waals surface area contributed by atoms with Gasteiger partial charge in [-0.3, -0.25) is 13.7 Å². The van der Waals surface area contributed by atoms with Crippen molar-refractivity contribution in [2.75, 3.05) is 61.5 Å². The third kappa shape index (κ3) is 5.35. The molecule has 0 amide bonds. The van der Waals surface area contributed by atoms with Gasteiger partial charge in [-0.1, -0.05) is 6.07 Å². The van der Waals surface area contributed by atoms with Crippen LogP contribution < -0.4 is 14.8 Å². The highest BCUT2D eigenvalue weighted by atomic mass is 32.2. The van der Waals surface area contributed by atoms with Crippen LogP contribution in [0.5, 0.6) is 0 Å². The predicted octanol–water partition coefficient (Wildman–Crippen LogP) is 3.13. The fraction of sp³-hybridized carbons (Fsp3) is 0.517. The molecule has 9 nitrogen and oxygen atoms in total. The summed E-state index contributed by atoms with van der Waals surface area (Å²) in [5.74, 6) is 1.43. The van der Waals surface area contributed by atoms with Crippen LogP contribution in [-0.4, -0.2) is 72.2 Å². The highest BCUT2D eigenvalue weighted by Gasteiger charge is 2.28. The SMILES string of the molecule is COCC1CN(c2ccc3c(=O)n(CCc4ccc(N5CCCS5=O)cc4C)c(C4CCO4)nc3c2)CCO1. The van der Waals surface area contributed by atoms with Gasteiger partial charge in [0.25, 0.3) is 5.56 Å². The van der Waals surface area contributed by atoms with E-state index in [-0.39, 0.29) is 17.8 Å². The first-order chi connectivity index (χ1) is 19.0. The average molecular weight is 553 g/mol. The van der Waals surface area contributed by atoms with Gasteiger partial charge in [0.15, 0.2) is 0 Å². The molecule has 3 fully saturated rings. The molecule has 3 aliphatic rings. The summed E-state index contributed by atoms with van der Waals surface area (Å²) < 4.78 is 33.0. The van der Waals surface area contributed by atoms with Crippen LogP contribution in [0.15, 0.2) is 41.2 Å². The van der Waals surface area contributed by atoms with Crippen molar-refractivity contribution >= 4 is 33.3 Å². The summed E-state index contributed by atoms with van der Waals surface area (Å²) in [5, 5.41) is 0.618. The zero-order chi connectivity index (χ0) is 26.9. The Morgan fingerprint density at radius 2 is 1.95 bits per heavy atom. The summed E-state index contributed by atoms with van der Waals surface area (Å²) in [7, 11) is 0.751. The van der Waals surface area contributed by atoms with E-state index in [1.807, 2.05) is 28.6 Å². The topological polar surface area (TPSA) is 86.1 Å². The third-order valence-electron chi connectivity index (χ3n) is 7.96. The lowest BCUT2D eigenvalue weighted by atomic mass is 10.0. The van der Waals surface area contributed by atoms with Crippen molar-refractivity contribution in [3.05, 3.63) is 63.7 Å². The molecular weight excluding hydrogens is 516 g/mol. The number of hydrogen-bond acceptors (Lipinski definition) is 7. The number of benzene rings is 2. The lowest BCUT2D eigenvalue weighted by molar-refractivity contribution is -0.0604. The Bertz CT molecular complexity index is 1440. The van der Waals surface area contributed by atoms with Crippen LogP contribution in [-0.2, 0) is 38.2 Å². The van der Waals surface area contributed by atoms with E-state index in [1.165, 1.54) is 5.56 Å². The van der Waals surface area contributed by atoms with Gasteiger partial charge in [-0.15, -0.1) is 0 Å². The second-order valence-corrected chi connectivity index (χ2v) is 12.0. The smallest absolute Gasteiger partial charge is 0.261 e. The molecule has 0 aliphatic carbocycles. The minimum Gasteiger partial charge on any atom is -0.382 e. The zero-order valence-corrected chi connectivity index (χ0v) is 23.5. The van der Waals surface area contributed by atoms with Gasteiger partial charge in [-0.05, 0) is 61.2 Å². The minimum atomic E-state index is -0.935. The lowest BCUT2D eigenvalue weighted by Crippen LogP contribution is -2.44. The van der Waals surface area contributed by atoms with E-state index in [4.69, 9.17) is 19.2 Å². The second kappa shape index (κ2) is 11.4. The van der Waals surface area contributed by atoms with E-state index < -0.39 is 11.0 Å². The molecule has 208 valence electrons. The molecule has 0 spiro atoms. The van der Waals surface area contributed by atoms with Crippen molar-refractivity contribution in [2.24, 2.45) is 0 Å². The molecule has 39 heavy (non-hydrogen) atoms. The number of morpholine rings is 1. The standard InChI is InChI=1S/C29H36N4O5S/c1-20-16-23(33-10-3-15-39(33)35)5-4-21(20)8-11-32-28(27-9-13-38-27)30-26-17-22(6-7-25(26)29(32)34)31-12-14-37-24(18-31)19-36-2/h4-7,16-17,24,27H,3,8-15,18-19H2,1-2H3. The van der Waals surface area contributed by atoms with Crippen molar-refractivity contribution in [1.29, 1.82) is 0 Å². The van der Waals surface area contributed by atoms with Crippen molar-refractivity contribution < 1.29 is 18.4 Å². The molecule has 1 aromatic heterocycles. The predicted molar refractivity (Wildman–Crippen MR) is 153 cm³/mol. The summed E-state index contributed by atoms with van der Waals surface area (Å²) in [4.78, 5) is 21.0. The molecule has 0 radical (unpaired) electrons. The summed E-state index contributed by atoms with van der Waals surface area (Å²) in [6.45, 7) is 6.83. The van der Waals surface area contributed by atoms with Crippen molar-refractivity contribution in [2.45, 2.75) is 44.9 Å². The molecule has 3 aliphatic heterocycles. The number of nitrogens with zero attached hydrogens (tertiary/aromatic N) is 4. The first-order valence-corrected chi connectivity index (χ1v) is 15.1. The number of ether oxygens (including phenoxy) is 3. The largest absolute Gasteiger partial charge is 0.382 e. The van der Waals surface area contributed by atoms with Crippen molar-refractivity contribution in [3.8, 4) is 0 Å². The highest BCUT2D eigenvalue weighted by Crippen LogP contribution is 2.30. The highest BCUT2D eigenvalue weighted by molar-refractivity contribution is 7.86. The molecular formula is C29H36N4O5S. The summed E-state index contributed by atoms with van der Waals surface area (Å²) in [6, 6.07) is 12.2. The van der Waals surface area contributed by atoms with E-state index in [0.717, 1.165) is 55.2 Å². The quantitative estimate of drug-likeness (QED) is 0.425. The number of aryl methyl sites for hydroxylation is 2. The molecule has 0 saturated carbocycles. The van der Waals surface area contributed by atoms with Gasteiger partial charge in [-0.25, -0.2) is 9.19 Å². The molecule has 0 N–H and O–H groups in total. The molecule has 3 saturated heterocycles. The van der Waals surface area contributed by atoms with E-state index in [1.54, 1.807) is 11.7 Å². The van der Waals surface area contributed by atoms with Gasteiger partial charge in [0.05, 0.1) is 36.8 Å². The Labute approximate surface area is 231 Å². The maximum absolute atomic E-state index is 13.8. The molecule has 6 rings (SSSR count). The van der Waals surface area contributed by atoms with Gasteiger partial charge in [0, 0.05) is 56.8 Å². The van der Waals surface area contributed by atoms with Crippen LogP contribution in [0.4, 0.5) is 11.4 Å². The van der Waals surface area contributed by atoms with E-state index >= 15 is 0 Å². The van der Waals surface area contributed by atoms with Gasteiger partial charge in [0.2, 0.25) is 0 Å². The first kappa shape index (κ1) is 26.4. The second-order valence-electron chi connectivity index (χ2n) is 10.5. The van der Waals surface area contributed by atoms with Crippen LogP contribution in [0, 0.1) is 6.92 Å². The van der Waals surface area contributed by atoms with Gasteiger partial charge in [0.1, 0.15) is 22.9 Å². The number of hydrogen-bond donors (Lipinski definition) is 0. The van der Waals surface area contributed by atoms with Gasteiger partial charge < -0.3 is 19.1 Å². The molecule has 3 atom stereocenters. The Hall–Kier alpha value is -2.79. The Kier molecular flexibility index (Phi) is 7.70. The summed E-state index contributed by atoms with van der Waals surface area (Å²) in [5.41, 5.74) is 5.02. The maximum Gasteiger partial charge on any atom is 0.261 e. The third-order valence-corrected chi connectivity index (χ3v) is 9.48. The summed E-state index contributed by atoms with van der Waals surface area (Å²) >= 11 is 0. The molecule has 10 heteroatoms. The first-order valence-electron chi connectivity index (χ1n) is 13.8. The molecule has 4 heterocycles. The lowest BCUT2D eigenvalue weighted by Gasteiger charge is -2.34. The minimum absolute atomic E-state index is 0.0226. The average Bonchev–Trinajstić information content (AvgIpc) is 3.34. The van der Waals surface area contributed by atoms with Gasteiger partial charge in [-0.2, -0.15) is 0 Å². The molecule has 3 unspecified atom stereocenters. The van der Waals surface area contributed by atoms with Crippen LogP contribution >= 0.6 is 0 Å². The number of fused-ring (bicyclic) bond motifs is 1. The number of anilines is 2. The normalized spacial score (nSPS) is 23.4. The van der Waals surface area contributed by atoms with E-state index in [9.17, 15) is 9.00 Å². The number of aromatic nitrogens is 2. The summed E-state index contributed by atoms with van der Waals surface area (Å²) in [6.07, 6.45) is 2.39. The van der Waals surface area contributed by atoms with Crippen LogP contribution in [0.2, 0.25) is 0 Å².